The van der Waals surface area contributed by atoms with Gasteiger partial charge >= 0.3 is 0 Å². The van der Waals surface area contributed by atoms with E-state index < -0.39 is 0 Å². The Morgan fingerprint density at radius 1 is 1.16 bits per heavy atom. The van der Waals surface area contributed by atoms with Gasteiger partial charge in [0.25, 0.3) is 0 Å². The quantitative estimate of drug-likeness (QED) is 0.393. The number of carbonyl (C=O) groups excluding carboxylic acids is 1. The second-order valence-corrected chi connectivity index (χ2v) is 7.54. The lowest BCUT2D eigenvalue weighted by atomic mass is 10.0. The van der Waals surface area contributed by atoms with Gasteiger partial charge in [0.15, 0.2) is 0 Å². The van der Waals surface area contributed by atoms with E-state index in [0.29, 0.717) is 35.8 Å². The molecule has 32 heavy (non-hydrogen) atoms. The van der Waals surface area contributed by atoms with Crippen LogP contribution in [0, 0.1) is 5.41 Å². The molecule has 162 valence electrons. The van der Waals surface area contributed by atoms with Crippen molar-refractivity contribution in [2.24, 2.45) is 0 Å². The van der Waals surface area contributed by atoms with Crippen LogP contribution in [-0.2, 0) is 4.79 Å². The van der Waals surface area contributed by atoms with E-state index in [9.17, 15) is 4.79 Å². The second-order valence-electron chi connectivity index (χ2n) is 7.54. The highest BCUT2D eigenvalue weighted by Gasteiger charge is 2.30. The minimum absolute atomic E-state index is 0.0751. The van der Waals surface area contributed by atoms with Gasteiger partial charge in [0.2, 0.25) is 11.7 Å². The summed E-state index contributed by atoms with van der Waals surface area (Å²) in [6.45, 7) is 4.81. The van der Waals surface area contributed by atoms with Gasteiger partial charge in [-0.1, -0.05) is 24.8 Å². The van der Waals surface area contributed by atoms with Gasteiger partial charge in [-0.15, -0.1) is 0 Å². The lowest BCUT2D eigenvalue weighted by Gasteiger charge is -2.15. The Balaban J connectivity index is 1.51. The molecule has 2 heterocycles. The third kappa shape index (κ3) is 4.65. The zero-order chi connectivity index (χ0) is 22.5. The van der Waals surface area contributed by atoms with Crippen molar-refractivity contribution in [3.63, 3.8) is 0 Å². The number of hydrogen-bond acceptors (Lipinski definition) is 6. The number of para-hydroxylation sites is 1. The summed E-state index contributed by atoms with van der Waals surface area (Å²) in [4.78, 5) is 22.1. The van der Waals surface area contributed by atoms with E-state index in [1.807, 2.05) is 59.9 Å². The fourth-order valence-corrected chi connectivity index (χ4v) is 3.73. The third-order valence-corrected chi connectivity index (χ3v) is 5.38. The third-order valence-electron chi connectivity index (χ3n) is 5.38. The van der Waals surface area contributed by atoms with Crippen molar-refractivity contribution < 1.29 is 14.8 Å². The number of carbonyl (C=O) groups is 1. The van der Waals surface area contributed by atoms with Crippen LogP contribution in [0.3, 0.4) is 0 Å². The molecule has 8 heteroatoms. The molecule has 0 spiro atoms. The predicted molar refractivity (Wildman–Crippen MR) is 122 cm³/mol. The summed E-state index contributed by atoms with van der Waals surface area (Å²) in [5, 5.41) is 10.7. The lowest BCUT2D eigenvalue weighted by molar-refractivity contribution is -0.610. The van der Waals surface area contributed by atoms with Crippen LogP contribution in [0.15, 0.2) is 73.6 Å². The fraction of sp³-hybridized carbons (Fsp3) is 0.167. The van der Waals surface area contributed by atoms with Crippen molar-refractivity contribution in [1.29, 1.82) is 5.41 Å². The fourth-order valence-electron chi connectivity index (χ4n) is 3.73. The van der Waals surface area contributed by atoms with Gasteiger partial charge < -0.3 is 15.4 Å². The van der Waals surface area contributed by atoms with Gasteiger partial charge in [0, 0.05) is 18.5 Å². The number of likely N-dealkylation sites (tertiary alicyclic amines) is 1. The molecular weight excluding hydrogens is 404 g/mol. The minimum Gasteiger partial charge on any atom is -0.457 e. The molecule has 1 unspecified atom stereocenters. The molecular formula is C24H25N6O2+. The van der Waals surface area contributed by atoms with Crippen molar-refractivity contribution >= 4 is 23.3 Å². The topological polar surface area (TPSA) is 122 Å². The zero-order valence-corrected chi connectivity index (χ0v) is 17.6. The molecule has 0 saturated carbocycles. The summed E-state index contributed by atoms with van der Waals surface area (Å²) >= 11 is 0. The number of rotatable bonds is 7. The van der Waals surface area contributed by atoms with E-state index in [0.717, 1.165) is 12.2 Å². The highest BCUT2D eigenvalue weighted by Crippen LogP contribution is 2.24. The highest BCUT2D eigenvalue weighted by atomic mass is 16.5. The van der Waals surface area contributed by atoms with Crippen LogP contribution < -0.4 is 15.8 Å². The molecule has 1 atom stereocenters. The van der Waals surface area contributed by atoms with Crippen LogP contribution >= 0.6 is 0 Å². The van der Waals surface area contributed by atoms with Crippen LogP contribution in [0.4, 0.5) is 11.6 Å². The van der Waals surface area contributed by atoms with Gasteiger partial charge in [0.1, 0.15) is 35.2 Å². The molecule has 5 N–H and O–H groups in total. The Morgan fingerprint density at radius 2 is 1.88 bits per heavy atom. The molecule has 0 aliphatic carbocycles. The van der Waals surface area contributed by atoms with E-state index >= 15 is 0 Å². The molecule has 0 radical (unpaired) electrons. The SMILES string of the molecule is C=CC(=O)N1CCC([NH2+]c2ncnc(N)c2C(=N)c2ccc(Oc3ccccc3)cc2)C1. The highest BCUT2D eigenvalue weighted by molar-refractivity contribution is 6.15. The summed E-state index contributed by atoms with van der Waals surface area (Å²) in [5.74, 6) is 2.19. The summed E-state index contributed by atoms with van der Waals surface area (Å²) < 4.78 is 5.83. The first kappa shape index (κ1) is 21.2. The van der Waals surface area contributed by atoms with Crippen molar-refractivity contribution in [2.75, 3.05) is 18.8 Å². The summed E-state index contributed by atoms with van der Waals surface area (Å²) in [6, 6.07) is 16.9. The van der Waals surface area contributed by atoms with E-state index in [1.54, 1.807) is 4.90 Å². The molecule has 1 saturated heterocycles. The maximum atomic E-state index is 11.9. The van der Waals surface area contributed by atoms with Crippen LogP contribution in [-0.4, -0.2) is 45.6 Å². The number of benzene rings is 2. The number of nitrogens with zero attached hydrogens (tertiary/aromatic N) is 3. The van der Waals surface area contributed by atoms with Crippen LogP contribution in [0.1, 0.15) is 17.5 Å². The van der Waals surface area contributed by atoms with Crippen molar-refractivity contribution in [3.05, 3.63) is 84.7 Å². The first-order valence-corrected chi connectivity index (χ1v) is 10.3. The molecule has 3 aromatic rings. The summed E-state index contributed by atoms with van der Waals surface area (Å²) in [5.41, 5.74) is 7.54. The molecule has 2 aromatic carbocycles. The van der Waals surface area contributed by atoms with E-state index in [1.165, 1.54) is 12.4 Å². The average Bonchev–Trinajstić information content (AvgIpc) is 3.28. The van der Waals surface area contributed by atoms with Gasteiger partial charge in [-0.2, -0.15) is 4.98 Å². The predicted octanol–water partition coefficient (Wildman–Crippen LogP) is 2.25. The van der Waals surface area contributed by atoms with Gasteiger partial charge in [-0.05, 0) is 42.5 Å². The first-order chi connectivity index (χ1) is 15.5. The van der Waals surface area contributed by atoms with Gasteiger partial charge in [-0.3, -0.25) is 15.5 Å². The maximum Gasteiger partial charge on any atom is 0.246 e. The largest absolute Gasteiger partial charge is 0.457 e. The number of hydrogen-bond donors (Lipinski definition) is 3. The Morgan fingerprint density at radius 3 is 2.59 bits per heavy atom. The zero-order valence-electron chi connectivity index (χ0n) is 17.6. The van der Waals surface area contributed by atoms with Crippen LogP contribution in [0.25, 0.3) is 0 Å². The molecule has 1 aromatic heterocycles. The van der Waals surface area contributed by atoms with Gasteiger partial charge in [-0.25, -0.2) is 4.98 Å². The maximum absolute atomic E-state index is 11.9. The first-order valence-electron chi connectivity index (χ1n) is 10.3. The van der Waals surface area contributed by atoms with E-state index in [-0.39, 0.29) is 23.5 Å². The lowest BCUT2D eigenvalue weighted by Crippen LogP contribution is -2.86. The Labute approximate surface area is 186 Å². The standard InChI is InChI=1S/C24H24N6O2/c1-2-20(31)30-13-12-17(14-30)29-24-21(23(26)27-15-28-24)22(25)16-8-10-19(11-9-16)32-18-6-4-3-5-7-18/h2-11,15,17,25H,1,12-14H2,(H3,26,27,28,29)/p+1. The normalized spacial score (nSPS) is 15.4. The number of nitrogens with two attached hydrogens (primary N) is 2. The smallest absolute Gasteiger partial charge is 0.246 e. The number of anilines is 1. The Kier molecular flexibility index (Phi) is 6.23. The summed E-state index contributed by atoms with van der Waals surface area (Å²) in [7, 11) is 0. The molecule has 1 amide bonds. The Bertz CT molecular complexity index is 1130. The number of quaternary nitrogens is 1. The Hall–Kier alpha value is -4.04. The van der Waals surface area contributed by atoms with Crippen molar-refractivity contribution in [3.8, 4) is 11.5 Å². The summed E-state index contributed by atoms with van der Waals surface area (Å²) in [6.07, 6.45) is 3.55. The number of ether oxygens (including phenoxy) is 1. The van der Waals surface area contributed by atoms with Crippen molar-refractivity contribution in [1.82, 2.24) is 14.9 Å². The van der Waals surface area contributed by atoms with E-state index in [4.69, 9.17) is 15.9 Å². The molecule has 0 bridgehead atoms. The molecule has 1 aliphatic heterocycles. The molecule has 1 aliphatic rings. The van der Waals surface area contributed by atoms with Crippen molar-refractivity contribution in [2.45, 2.75) is 12.5 Å². The molecule has 4 rings (SSSR count). The number of aromatic nitrogens is 2. The number of nitrogen functional groups attached to an aromatic ring is 1. The number of amides is 1. The molecule has 1 fully saturated rings. The van der Waals surface area contributed by atoms with Gasteiger partial charge in [0.05, 0.1) is 12.3 Å². The monoisotopic (exact) mass is 429 g/mol. The van der Waals surface area contributed by atoms with E-state index in [2.05, 4.69) is 16.5 Å². The average molecular weight is 430 g/mol. The van der Waals surface area contributed by atoms with Crippen LogP contribution in [0.2, 0.25) is 0 Å². The molecule has 8 nitrogen and oxygen atoms in total. The number of nitrogens with one attached hydrogen (secondary N) is 1. The minimum atomic E-state index is -0.0751. The van der Waals surface area contributed by atoms with Crippen LogP contribution in [0.5, 0.6) is 11.5 Å². The second kappa shape index (κ2) is 9.40.